The van der Waals surface area contributed by atoms with Crippen LogP contribution in [-0.4, -0.2) is 43.8 Å². The molecule has 2 aliphatic rings. The maximum absolute atomic E-state index is 2.63. The highest BCUT2D eigenvalue weighted by atomic mass is 79.9. The number of hydrogen-bond donors (Lipinski definition) is 0. The summed E-state index contributed by atoms with van der Waals surface area (Å²) in [7, 11) is 0. The number of piperazine rings is 1. The first-order valence-corrected chi connectivity index (χ1v) is 10.9. The van der Waals surface area contributed by atoms with Gasteiger partial charge in [0, 0.05) is 9.79 Å². The Morgan fingerprint density at radius 2 is 1.52 bits per heavy atom. The van der Waals surface area contributed by atoms with Crippen molar-refractivity contribution >= 4 is 17.4 Å². The quantitative estimate of drug-likeness (QED) is 0.665. The maximum atomic E-state index is 2.63. The summed E-state index contributed by atoms with van der Waals surface area (Å²) in [6, 6.07) is 15.8. The van der Waals surface area contributed by atoms with Crippen molar-refractivity contribution in [3.8, 4) is 0 Å². The zero-order valence-corrected chi connectivity index (χ0v) is 19.0. The Labute approximate surface area is 179 Å². The Hall–Kier alpha value is -0.970. The molecule has 0 bridgehead atoms. The topological polar surface area (TPSA) is 3.24 Å². The maximum Gasteiger partial charge on any atom is 0.0965 e. The number of para-hydroxylation sites is 1. The van der Waals surface area contributed by atoms with Gasteiger partial charge in [0.25, 0.3) is 0 Å². The van der Waals surface area contributed by atoms with E-state index in [2.05, 4.69) is 61.2 Å². The van der Waals surface area contributed by atoms with E-state index in [1.807, 2.05) is 11.8 Å². The summed E-state index contributed by atoms with van der Waals surface area (Å²) in [6.45, 7) is 12.3. The lowest BCUT2D eigenvalue weighted by Crippen LogP contribution is -3.00. The van der Waals surface area contributed by atoms with Gasteiger partial charge < -0.3 is 26.4 Å². The Morgan fingerprint density at radius 1 is 0.815 bits per heavy atom. The Bertz CT molecular complexity index is 761. The van der Waals surface area contributed by atoms with Crippen molar-refractivity contribution in [2.24, 2.45) is 0 Å². The average molecular weight is 447 g/mol. The van der Waals surface area contributed by atoms with E-state index in [0.717, 1.165) is 0 Å². The number of anilines is 1. The largest absolute Gasteiger partial charge is 1.00 e. The fourth-order valence-electron chi connectivity index (χ4n) is 4.60. The van der Waals surface area contributed by atoms with Crippen LogP contribution >= 0.6 is 11.8 Å². The smallest absolute Gasteiger partial charge is 0.0965 e. The highest BCUT2D eigenvalue weighted by Crippen LogP contribution is 2.38. The van der Waals surface area contributed by atoms with Crippen LogP contribution in [0, 0.1) is 13.8 Å². The van der Waals surface area contributed by atoms with Gasteiger partial charge in [-0.05, 0) is 56.9 Å². The molecule has 0 atom stereocenters. The van der Waals surface area contributed by atoms with Crippen LogP contribution in [0.1, 0.15) is 30.4 Å². The van der Waals surface area contributed by atoms with Crippen molar-refractivity contribution < 1.29 is 21.5 Å². The summed E-state index contributed by atoms with van der Waals surface area (Å²) in [6.07, 6.45) is 4.30. The predicted octanol–water partition coefficient (Wildman–Crippen LogP) is 2.28. The summed E-state index contributed by atoms with van der Waals surface area (Å²) in [5.74, 6) is 0. The van der Waals surface area contributed by atoms with Gasteiger partial charge in [0.15, 0.2) is 0 Å². The zero-order valence-electron chi connectivity index (χ0n) is 16.6. The minimum atomic E-state index is 0. The van der Waals surface area contributed by atoms with E-state index < -0.39 is 0 Å². The second-order valence-electron chi connectivity index (χ2n) is 8.12. The van der Waals surface area contributed by atoms with Crippen molar-refractivity contribution in [1.82, 2.24) is 0 Å². The minimum Gasteiger partial charge on any atom is -1.00 e. The number of aryl methyl sites for hydroxylation is 2. The minimum absolute atomic E-state index is 0. The Morgan fingerprint density at radius 3 is 2.22 bits per heavy atom. The van der Waals surface area contributed by atoms with Gasteiger partial charge in [-0.15, -0.1) is 0 Å². The van der Waals surface area contributed by atoms with Crippen molar-refractivity contribution in [3.05, 3.63) is 53.6 Å². The molecule has 2 saturated heterocycles. The molecule has 0 amide bonds. The van der Waals surface area contributed by atoms with E-state index in [1.165, 1.54) is 89.6 Å². The standard InChI is InChI=1S/C23H31N2S.BrH/c1-19-10-11-22(20(2)18-19)26-23-9-5-4-8-21(23)24-12-16-25(17-13-24)14-6-3-7-15-25;/h4-5,8-11,18H,3,6-7,12-17H2,1-2H3;1H/q+1;/p-1. The SMILES string of the molecule is Cc1ccc(Sc2ccccc2N2CC[N+]3(CCCCC3)CC2)c(C)c1.[Br-]. The lowest BCUT2D eigenvalue weighted by Gasteiger charge is -2.47. The normalized spacial score (nSPS) is 19.0. The fraction of sp³-hybridized carbons (Fsp3) is 0.478. The monoisotopic (exact) mass is 446 g/mol. The molecule has 0 aromatic heterocycles. The highest BCUT2D eigenvalue weighted by Gasteiger charge is 2.34. The summed E-state index contributed by atoms with van der Waals surface area (Å²) < 4.78 is 1.38. The molecule has 0 aliphatic carbocycles. The van der Waals surface area contributed by atoms with E-state index >= 15 is 0 Å². The third kappa shape index (κ3) is 4.72. The van der Waals surface area contributed by atoms with Crippen molar-refractivity contribution in [3.63, 3.8) is 0 Å². The number of halogens is 1. The van der Waals surface area contributed by atoms with E-state index in [0.29, 0.717) is 0 Å². The molecule has 2 fully saturated rings. The first kappa shape index (κ1) is 20.8. The molecule has 4 heteroatoms. The Balaban J connectivity index is 0.00000210. The molecule has 0 saturated carbocycles. The molecule has 0 N–H and O–H groups in total. The van der Waals surface area contributed by atoms with Gasteiger partial charge in [0.05, 0.1) is 45.0 Å². The van der Waals surface area contributed by atoms with Gasteiger partial charge in [-0.3, -0.25) is 0 Å². The van der Waals surface area contributed by atoms with Crippen LogP contribution < -0.4 is 21.9 Å². The number of hydrogen-bond acceptors (Lipinski definition) is 2. The molecule has 2 heterocycles. The molecule has 4 rings (SSSR count). The third-order valence-electron chi connectivity index (χ3n) is 6.21. The van der Waals surface area contributed by atoms with Crippen LogP contribution in [0.25, 0.3) is 0 Å². The molecular formula is C23H31BrN2S. The van der Waals surface area contributed by atoms with Gasteiger partial charge in [0.2, 0.25) is 0 Å². The lowest BCUT2D eigenvalue weighted by atomic mass is 10.1. The number of nitrogens with zero attached hydrogens (tertiary/aromatic N) is 2. The lowest BCUT2D eigenvalue weighted by molar-refractivity contribution is -0.932. The van der Waals surface area contributed by atoms with E-state index in [-0.39, 0.29) is 17.0 Å². The summed E-state index contributed by atoms with van der Waals surface area (Å²) in [5.41, 5.74) is 4.14. The molecule has 0 radical (unpaired) electrons. The molecule has 27 heavy (non-hydrogen) atoms. The first-order valence-electron chi connectivity index (χ1n) is 10.1. The van der Waals surface area contributed by atoms with Crippen molar-refractivity contribution in [1.29, 1.82) is 0 Å². The molecule has 0 unspecified atom stereocenters. The molecular weight excluding hydrogens is 416 g/mol. The predicted molar refractivity (Wildman–Crippen MR) is 112 cm³/mol. The van der Waals surface area contributed by atoms with E-state index in [1.54, 1.807) is 0 Å². The first-order chi connectivity index (χ1) is 12.7. The van der Waals surface area contributed by atoms with Crippen LogP contribution in [0.4, 0.5) is 5.69 Å². The van der Waals surface area contributed by atoms with Gasteiger partial charge in [-0.2, -0.15) is 0 Å². The highest BCUT2D eigenvalue weighted by molar-refractivity contribution is 7.99. The molecule has 2 aromatic carbocycles. The van der Waals surface area contributed by atoms with Crippen molar-refractivity contribution in [2.75, 3.05) is 44.2 Å². The fourth-order valence-corrected chi connectivity index (χ4v) is 5.64. The second kappa shape index (κ2) is 9.02. The number of benzene rings is 2. The van der Waals surface area contributed by atoms with E-state index in [9.17, 15) is 0 Å². The third-order valence-corrected chi connectivity index (χ3v) is 7.45. The zero-order chi connectivity index (χ0) is 18.0. The van der Waals surface area contributed by atoms with Crippen LogP contribution in [0.5, 0.6) is 0 Å². The van der Waals surface area contributed by atoms with Crippen LogP contribution in [-0.2, 0) is 0 Å². The Kier molecular flexibility index (Phi) is 6.93. The van der Waals surface area contributed by atoms with Gasteiger partial charge >= 0.3 is 0 Å². The summed E-state index contributed by atoms with van der Waals surface area (Å²) >= 11 is 1.92. The van der Waals surface area contributed by atoms with E-state index in [4.69, 9.17) is 0 Å². The summed E-state index contributed by atoms with van der Waals surface area (Å²) in [4.78, 5) is 5.40. The van der Waals surface area contributed by atoms with Crippen LogP contribution in [0.2, 0.25) is 0 Å². The summed E-state index contributed by atoms with van der Waals surface area (Å²) in [5, 5.41) is 0. The average Bonchev–Trinajstić information content (AvgIpc) is 2.66. The van der Waals surface area contributed by atoms with Gasteiger partial charge in [-0.25, -0.2) is 0 Å². The molecule has 146 valence electrons. The molecule has 2 aliphatic heterocycles. The van der Waals surface area contributed by atoms with Crippen LogP contribution in [0.15, 0.2) is 52.3 Å². The molecule has 2 aromatic rings. The van der Waals surface area contributed by atoms with Crippen molar-refractivity contribution in [2.45, 2.75) is 42.9 Å². The molecule has 1 spiro atoms. The molecule has 2 nitrogen and oxygen atoms in total. The number of rotatable bonds is 3. The number of quaternary nitrogens is 1. The number of piperidine rings is 1. The second-order valence-corrected chi connectivity index (χ2v) is 9.21. The van der Waals surface area contributed by atoms with Gasteiger partial charge in [-0.1, -0.05) is 41.6 Å². The van der Waals surface area contributed by atoms with Crippen LogP contribution in [0.3, 0.4) is 0 Å². The van der Waals surface area contributed by atoms with Gasteiger partial charge in [0.1, 0.15) is 0 Å².